The van der Waals surface area contributed by atoms with Gasteiger partial charge < -0.3 is 4.90 Å². The lowest BCUT2D eigenvalue weighted by Crippen LogP contribution is -2.44. The largest absolute Gasteiger partial charge is 0.369 e. The Morgan fingerprint density at radius 2 is 1.76 bits per heavy atom. The topological polar surface area (TPSA) is 6.48 Å². The summed E-state index contributed by atoms with van der Waals surface area (Å²) in [5, 5.41) is 0. The number of aryl methyl sites for hydroxylation is 1. The maximum Gasteiger partial charge on any atom is 0.0306 e. The minimum Gasteiger partial charge on any atom is -0.369 e. The molecule has 1 fully saturated rings. The maximum absolute atomic E-state index is 4.16. The van der Waals surface area contributed by atoms with E-state index in [2.05, 4.69) is 59.7 Å². The fourth-order valence-electron chi connectivity index (χ4n) is 2.53. The van der Waals surface area contributed by atoms with Gasteiger partial charge in [-0.3, -0.25) is 4.90 Å². The molecule has 1 aromatic carbocycles. The van der Waals surface area contributed by atoms with E-state index in [1.54, 1.807) is 0 Å². The number of benzene rings is 1. The Bertz CT molecular complexity index is 503. The van der Waals surface area contributed by atoms with E-state index in [-0.39, 0.29) is 0 Å². The van der Waals surface area contributed by atoms with Crippen molar-refractivity contribution in [1.82, 2.24) is 9.80 Å². The maximum atomic E-state index is 4.16. The van der Waals surface area contributed by atoms with Crippen molar-refractivity contribution >= 4 is 0 Å². The molecular formula is C19H26N2. The lowest BCUT2D eigenvalue weighted by Gasteiger charge is -2.36. The summed E-state index contributed by atoms with van der Waals surface area (Å²) >= 11 is 0. The van der Waals surface area contributed by atoms with Gasteiger partial charge in [-0.25, -0.2) is 0 Å². The zero-order chi connectivity index (χ0) is 15.1. The number of hydrogen-bond acceptors (Lipinski definition) is 2. The molecule has 2 heteroatoms. The SMILES string of the molecule is C=C(/C=C\C=C/C)N1CCN(Cc2ccc(C)cc2)CC1. The first-order valence-corrected chi connectivity index (χ1v) is 7.70. The molecule has 2 nitrogen and oxygen atoms in total. The monoisotopic (exact) mass is 282 g/mol. The molecule has 1 heterocycles. The van der Waals surface area contributed by atoms with Crippen LogP contribution in [0.25, 0.3) is 0 Å². The highest BCUT2D eigenvalue weighted by molar-refractivity contribution is 5.21. The van der Waals surface area contributed by atoms with Crippen LogP contribution in [0.4, 0.5) is 0 Å². The van der Waals surface area contributed by atoms with Gasteiger partial charge in [0.2, 0.25) is 0 Å². The lowest BCUT2D eigenvalue weighted by molar-refractivity contribution is 0.156. The van der Waals surface area contributed by atoms with Crippen molar-refractivity contribution in [3.63, 3.8) is 0 Å². The molecule has 0 unspecified atom stereocenters. The predicted octanol–water partition coefficient (Wildman–Crippen LogP) is 3.76. The first-order chi connectivity index (χ1) is 10.2. The Morgan fingerprint density at radius 1 is 1.10 bits per heavy atom. The molecule has 0 aliphatic carbocycles. The number of hydrogen-bond donors (Lipinski definition) is 0. The zero-order valence-corrected chi connectivity index (χ0v) is 13.3. The number of piperazine rings is 1. The van der Waals surface area contributed by atoms with Gasteiger partial charge in [0, 0.05) is 38.4 Å². The molecule has 1 aromatic rings. The number of nitrogens with zero attached hydrogens (tertiary/aromatic N) is 2. The first kappa shape index (κ1) is 15.6. The van der Waals surface area contributed by atoms with Gasteiger partial charge in [-0.15, -0.1) is 0 Å². The van der Waals surface area contributed by atoms with Crippen LogP contribution in [0.15, 0.2) is 60.8 Å². The zero-order valence-electron chi connectivity index (χ0n) is 13.3. The van der Waals surface area contributed by atoms with E-state index in [1.165, 1.54) is 11.1 Å². The second-order valence-corrected chi connectivity index (χ2v) is 5.63. The van der Waals surface area contributed by atoms with E-state index in [9.17, 15) is 0 Å². The summed E-state index contributed by atoms with van der Waals surface area (Å²) in [6, 6.07) is 8.86. The van der Waals surface area contributed by atoms with Gasteiger partial charge in [-0.05, 0) is 25.5 Å². The molecule has 0 spiro atoms. The minimum absolute atomic E-state index is 1.05. The Kier molecular flexibility index (Phi) is 5.82. The molecule has 1 aliphatic heterocycles. The van der Waals surface area contributed by atoms with Crippen molar-refractivity contribution in [2.45, 2.75) is 20.4 Å². The van der Waals surface area contributed by atoms with Crippen molar-refractivity contribution < 1.29 is 0 Å². The molecule has 0 amide bonds. The van der Waals surface area contributed by atoms with Gasteiger partial charge in [0.05, 0.1) is 0 Å². The highest BCUT2D eigenvalue weighted by Gasteiger charge is 2.16. The molecule has 0 radical (unpaired) electrons. The van der Waals surface area contributed by atoms with E-state index in [0.29, 0.717) is 0 Å². The van der Waals surface area contributed by atoms with Gasteiger partial charge in [-0.2, -0.15) is 0 Å². The van der Waals surface area contributed by atoms with Gasteiger partial charge >= 0.3 is 0 Å². The smallest absolute Gasteiger partial charge is 0.0306 e. The molecule has 0 atom stereocenters. The second kappa shape index (κ2) is 7.84. The lowest BCUT2D eigenvalue weighted by atomic mass is 10.1. The summed E-state index contributed by atoms with van der Waals surface area (Å²) < 4.78 is 0. The van der Waals surface area contributed by atoms with Crippen molar-refractivity contribution in [2.75, 3.05) is 26.2 Å². The van der Waals surface area contributed by atoms with Crippen molar-refractivity contribution in [3.8, 4) is 0 Å². The second-order valence-electron chi connectivity index (χ2n) is 5.63. The fraction of sp³-hybridized carbons (Fsp3) is 0.368. The van der Waals surface area contributed by atoms with Crippen molar-refractivity contribution in [2.24, 2.45) is 0 Å². The summed E-state index contributed by atoms with van der Waals surface area (Å²) in [6.45, 7) is 13.7. The molecule has 0 saturated carbocycles. The van der Waals surface area contributed by atoms with Crippen LogP contribution < -0.4 is 0 Å². The summed E-state index contributed by atoms with van der Waals surface area (Å²) in [6.07, 6.45) is 8.22. The fourth-order valence-corrected chi connectivity index (χ4v) is 2.53. The Balaban J connectivity index is 1.80. The molecule has 2 rings (SSSR count). The van der Waals surface area contributed by atoms with E-state index in [4.69, 9.17) is 0 Å². The molecule has 21 heavy (non-hydrogen) atoms. The molecular weight excluding hydrogens is 256 g/mol. The van der Waals surface area contributed by atoms with E-state index >= 15 is 0 Å². The number of allylic oxidation sites excluding steroid dienone is 4. The van der Waals surface area contributed by atoms with Crippen LogP contribution in [0.1, 0.15) is 18.1 Å². The van der Waals surface area contributed by atoms with Crippen LogP contribution in [0, 0.1) is 6.92 Å². The predicted molar refractivity (Wildman–Crippen MR) is 91.1 cm³/mol. The van der Waals surface area contributed by atoms with E-state index in [0.717, 1.165) is 38.4 Å². The highest BCUT2D eigenvalue weighted by atomic mass is 15.3. The molecule has 112 valence electrons. The van der Waals surface area contributed by atoms with Crippen LogP contribution in [-0.2, 0) is 6.54 Å². The minimum atomic E-state index is 1.05. The average Bonchev–Trinajstić information content (AvgIpc) is 2.50. The van der Waals surface area contributed by atoms with Gasteiger partial charge in [0.15, 0.2) is 0 Å². The first-order valence-electron chi connectivity index (χ1n) is 7.70. The van der Waals surface area contributed by atoms with Crippen LogP contribution in [0.3, 0.4) is 0 Å². The van der Waals surface area contributed by atoms with E-state index in [1.807, 2.05) is 19.1 Å². The van der Waals surface area contributed by atoms with Crippen molar-refractivity contribution in [1.29, 1.82) is 0 Å². The average molecular weight is 282 g/mol. The van der Waals surface area contributed by atoms with Crippen LogP contribution >= 0.6 is 0 Å². The Hall–Kier alpha value is -1.80. The van der Waals surface area contributed by atoms with E-state index < -0.39 is 0 Å². The normalized spacial score (nSPS) is 17.0. The highest BCUT2D eigenvalue weighted by Crippen LogP contribution is 2.13. The third-order valence-corrected chi connectivity index (χ3v) is 3.90. The standard InChI is InChI=1S/C19H26N2/c1-4-5-6-7-18(3)21-14-12-20(13-15-21)16-19-10-8-17(2)9-11-19/h4-11H,3,12-16H2,1-2H3/b5-4-,7-6-. The molecule has 0 N–H and O–H groups in total. The summed E-state index contributed by atoms with van der Waals surface area (Å²) in [5.41, 5.74) is 3.84. The van der Waals surface area contributed by atoms with Crippen LogP contribution in [0.2, 0.25) is 0 Å². The van der Waals surface area contributed by atoms with Crippen LogP contribution in [0.5, 0.6) is 0 Å². The van der Waals surface area contributed by atoms with Gasteiger partial charge in [-0.1, -0.05) is 54.6 Å². The number of rotatable bonds is 5. The Labute approximate surface area is 129 Å². The summed E-state index contributed by atoms with van der Waals surface area (Å²) in [4.78, 5) is 4.88. The molecule has 1 saturated heterocycles. The quantitative estimate of drug-likeness (QED) is 0.759. The van der Waals surface area contributed by atoms with Gasteiger partial charge in [0.25, 0.3) is 0 Å². The van der Waals surface area contributed by atoms with Crippen LogP contribution in [-0.4, -0.2) is 36.0 Å². The Morgan fingerprint density at radius 3 is 2.38 bits per heavy atom. The summed E-state index contributed by atoms with van der Waals surface area (Å²) in [7, 11) is 0. The third-order valence-electron chi connectivity index (χ3n) is 3.90. The molecule has 1 aliphatic rings. The third kappa shape index (κ3) is 4.91. The van der Waals surface area contributed by atoms with Crippen molar-refractivity contribution in [3.05, 3.63) is 72.0 Å². The van der Waals surface area contributed by atoms with Gasteiger partial charge in [0.1, 0.15) is 0 Å². The molecule has 0 aromatic heterocycles. The summed E-state index contributed by atoms with van der Waals surface area (Å²) in [5.74, 6) is 0. The molecule has 0 bridgehead atoms.